The Morgan fingerprint density at radius 2 is 2.15 bits per heavy atom. The molecule has 3 rings (SSSR count). The Hall–Kier alpha value is -2.90. The number of hydrogen-bond acceptors (Lipinski definition) is 6. The summed E-state index contributed by atoms with van der Waals surface area (Å²) in [6.07, 6.45) is 2.14. The Labute approximate surface area is 150 Å². The molecule has 1 atom stereocenters. The molecule has 0 saturated heterocycles. The molecule has 2 N–H and O–H groups in total. The van der Waals surface area contributed by atoms with Gasteiger partial charge in [0.25, 0.3) is 5.91 Å². The van der Waals surface area contributed by atoms with E-state index in [0.29, 0.717) is 28.9 Å². The molecule has 0 radical (unpaired) electrons. The van der Waals surface area contributed by atoms with E-state index in [1.807, 2.05) is 13.8 Å². The molecular weight excluding hydrogens is 338 g/mol. The van der Waals surface area contributed by atoms with Crippen LogP contribution in [0.4, 0.5) is 0 Å². The molecule has 1 fully saturated rings. The van der Waals surface area contributed by atoms with E-state index in [9.17, 15) is 9.59 Å². The summed E-state index contributed by atoms with van der Waals surface area (Å²) in [7, 11) is 0. The summed E-state index contributed by atoms with van der Waals surface area (Å²) >= 11 is 0. The number of rotatable bonds is 8. The molecule has 138 valence electrons. The number of carboxylic acid groups (broad SMARTS) is 1. The van der Waals surface area contributed by atoms with Gasteiger partial charge in [0, 0.05) is 11.5 Å². The van der Waals surface area contributed by atoms with Crippen LogP contribution in [0, 0.1) is 5.92 Å². The largest absolute Gasteiger partial charge is 0.482 e. The maximum absolute atomic E-state index is 12.6. The van der Waals surface area contributed by atoms with E-state index in [1.165, 1.54) is 6.07 Å². The van der Waals surface area contributed by atoms with Gasteiger partial charge < -0.3 is 19.7 Å². The summed E-state index contributed by atoms with van der Waals surface area (Å²) in [5, 5.41) is 15.6. The number of carbonyl (C=O) groups excluding carboxylic acids is 1. The van der Waals surface area contributed by atoms with Gasteiger partial charge >= 0.3 is 5.97 Å². The fraction of sp³-hybridized carbons (Fsp3) is 0.444. The second kappa shape index (κ2) is 7.55. The molecule has 2 aromatic rings. The summed E-state index contributed by atoms with van der Waals surface area (Å²) in [6.45, 7) is 3.45. The molecule has 0 spiro atoms. The van der Waals surface area contributed by atoms with Crippen molar-refractivity contribution >= 4 is 11.9 Å². The van der Waals surface area contributed by atoms with Crippen LogP contribution in [0.15, 0.2) is 28.8 Å². The van der Waals surface area contributed by atoms with Crippen LogP contribution in [0.1, 0.15) is 60.7 Å². The standard InChI is InChI=1S/C18H21N3O5/c1-10(2)15(18-20-16(21-26-18)11-6-7-11)19-17(24)12-4-3-5-13(8-12)25-9-14(22)23/h3-5,8,10-11,15H,6-7,9H2,1-2H3,(H,19,24)(H,22,23). The fourth-order valence-electron chi connectivity index (χ4n) is 2.49. The monoisotopic (exact) mass is 359 g/mol. The lowest BCUT2D eigenvalue weighted by Gasteiger charge is -2.18. The van der Waals surface area contributed by atoms with E-state index in [2.05, 4.69) is 15.5 Å². The van der Waals surface area contributed by atoms with Crippen molar-refractivity contribution in [3.63, 3.8) is 0 Å². The normalized spacial score (nSPS) is 14.9. The highest BCUT2D eigenvalue weighted by molar-refractivity contribution is 5.94. The highest BCUT2D eigenvalue weighted by atomic mass is 16.5. The third-order valence-electron chi connectivity index (χ3n) is 4.08. The summed E-state index contributed by atoms with van der Waals surface area (Å²) < 4.78 is 10.5. The van der Waals surface area contributed by atoms with Gasteiger partial charge in [-0.05, 0) is 37.0 Å². The topological polar surface area (TPSA) is 115 Å². The molecule has 26 heavy (non-hydrogen) atoms. The predicted octanol–water partition coefficient (Wildman–Crippen LogP) is 2.54. The summed E-state index contributed by atoms with van der Waals surface area (Å²) in [4.78, 5) is 27.6. The molecule has 1 unspecified atom stereocenters. The Bertz CT molecular complexity index is 798. The Morgan fingerprint density at radius 3 is 2.81 bits per heavy atom. The first-order valence-corrected chi connectivity index (χ1v) is 8.53. The van der Waals surface area contributed by atoms with Crippen LogP contribution in [-0.4, -0.2) is 33.7 Å². The molecule has 1 aliphatic carbocycles. The number of benzene rings is 1. The van der Waals surface area contributed by atoms with E-state index in [0.717, 1.165) is 12.8 Å². The van der Waals surface area contributed by atoms with Gasteiger partial charge in [0.05, 0.1) is 0 Å². The van der Waals surface area contributed by atoms with Crippen molar-refractivity contribution in [2.45, 2.75) is 38.6 Å². The zero-order valence-corrected chi connectivity index (χ0v) is 14.6. The van der Waals surface area contributed by atoms with Crippen LogP contribution >= 0.6 is 0 Å². The maximum atomic E-state index is 12.6. The Balaban J connectivity index is 1.71. The second-order valence-electron chi connectivity index (χ2n) is 6.67. The van der Waals surface area contributed by atoms with Crippen molar-refractivity contribution < 1.29 is 24.0 Å². The van der Waals surface area contributed by atoms with Gasteiger partial charge in [-0.15, -0.1) is 0 Å². The number of nitrogens with one attached hydrogen (secondary N) is 1. The first-order chi connectivity index (χ1) is 12.4. The van der Waals surface area contributed by atoms with Gasteiger partial charge in [0.1, 0.15) is 11.8 Å². The van der Waals surface area contributed by atoms with Crippen molar-refractivity contribution in [2.75, 3.05) is 6.61 Å². The van der Waals surface area contributed by atoms with E-state index < -0.39 is 18.6 Å². The van der Waals surface area contributed by atoms with Crippen molar-refractivity contribution in [1.82, 2.24) is 15.5 Å². The zero-order valence-electron chi connectivity index (χ0n) is 14.6. The van der Waals surface area contributed by atoms with Gasteiger partial charge in [-0.25, -0.2) is 4.79 Å². The van der Waals surface area contributed by atoms with E-state index in [1.54, 1.807) is 18.2 Å². The Kier molecular flexibility index (Phi) is 5.20. The molecule has 1 aliphatic rings. The summed E-state index contributed by atoms with van der Waals surface area (Å²) in [5.41, 5.74) is 0.362. The van der Waals surface area contributed by atoms with Crippen LogP contribution in [0.5, 0.6) is 5.75 Å². The van der Waals surface area contributed by atoms with Crippen molar-refractivity contribution in [3.05, 3.63) is 41.5 Å². The molecule has 1 amide bonds. The SMILES string of the molecule is CC(C)C(NC(=O)c1cccc(OCC(=O)O)c1)c1nc(C2CC2)no1. The van der Waals surface area contributed by atoms with Crippen molar-refractivity contribution in [1.29, 1.82) is 0 Å². The molecule has 1 heterocycles. The molecular formula is C18H21N3O5. The van der Waals surface area contributed by atoms with Crippen molar-refractivity contribution in [2.24, 2.45) is 5.92 Å². The smallest absolute Gasteiger partial charge is 0.341 e. The predicted molar refractivity (Wildman–Crippen MR) is 90.9 cm³/mol. The maximum Gasteiger partial charge on any atom is 0.341 e. The van der Waals surface area contributed by atoms with E-state index in [4.69, 9.17) is 14.4 Å². The number of ether oxygens (including phenoxy) is 1. The second-order valence-corrected chi connectivity index (χ2v) is 6.67. The third-order valence-corrected chi connectivity index (χ3v) is 4.08. The number of carboxylic acids is 1. The Morgan fingerprint density at radius 1 is 1.38 bits per heavy atom. The molecule has 0 bridgehead atoms. The lowest BCUT2D eigenvalue weighted by molar-refractivity contribution is -0.139. The minimum atomic E-state index is -1.08. The minimum Gasteiger partial charge on any atom is -0.482 e. The average Bonchev–Trinajstić information content (AvgIpc) is 3.35. The highest BCUT2D eigenvalue weighted by Crippen LogP contribution is 2.38. The van der Waals surface area contributed by atoms with Crippen LogP contribution in [0.3, 0.4) is 0 Å². The highest BCUT2D eigenvalue weighted by Gasteiger charge is 2.31. The van der Waals surface area contributed by atoms with Gasteiger partial charge in [-0.1, -0.05) is 25.1 Å². The van der Waals surface area contributed by atoms with Crippen LogP contribution in [0.25, 0.3) is 0 Å². The van der Waals surface area contributed by atoms with Crippen LogP contribution in [-0.2, 0) is 4.79 Å². The van der Waals surface area contributed by atoms with Crippen LogP contribution in [0.2, 0.25) is 0 Å². The van der Waals surface area contributed by atoms with E-state index in [-0.39, 0.29) is 11.8 Å². The molecule has 8 heteroatoms. The first kappa shape index (κ1) is 17.9. The number of aliphatic carboxylic acids is 1. The summed E-state index contributed by atoms with van der Waals surface area (Å²) in [6, 6.07) is 5.95. The lowest BCUT2D eigenvalue weighted by atomic mass is 10.0. The summed E-state index contributed by atoms with van der Waals surface area (Å²) in [5.74, 6) is 0.433. The van der Waals surface area contributed by atoms with Gasteiger partial charge in [-0.3, -0.25) is 4.79 Å². The minimum absolute atomic E-state index is 0.0536. The molecule has 0 aliphatic heterocycles. The molecule has 8 nitrogen and oxygen atoms in total. The number of nitrogens with zero attached hydrogens (tertiary/aromatic N) is 2. The van der Waals surface area contributed by atoms with Gasteiger partial charge in [0.15, 0.2) is 12.4 Å². The third kappa shape index (κ3) is 4.38. The zero-order chi connectivity index (χ0) is 18.7. The van der Waals surface area contributed by atoms with Crippen molar-refractivity contribution in [3.8, 4) is 5.75 Å². The number of hydrogen-bond donors (Lipinski definition) is 2. The molecule has 1 aromatic heterocycles. The van der Waals surface area contributed by atoms with Gasteiger partial charge in [0.2, 0.25) is 5.89 Å². The van der Waals surface area contributed by atoms with Gasteiger partial charge in [-0.2, -0.15) is 4.98 Å². The van der Waals surface area contributed by atoms with E-state index >= 15 is 0 Å². The molecule has 1 saturated carbocycles. The number of aromatic nitrogens is 2. The first-order valence-electron chi connectivity index (χ1n) is 8.53. The lowest BCUT2D eigenvalue weighted by Crippen LogP contribution is -2.32. The molecule has 1 aromatic carbocycles. The van der Waals surface area contributed by atoms with Crippen LogP contribution < -0.4 is 10.1 Å². The fourth-order valence-corrected chi connectivity index (χ4v) is 2.49. The number of carbonyl (C=O) groups is 2. The number of amides is 1. The average molecular weight is 359 g/mol. The quantitative estimate of drug-likeness (QED) is 0.744.